The predicted octanol–water partition coefficient (Wildman–Crippen LogP) is 3.36. The average Bonchev–Trinajstić information content (AvgIpc) is 2.26. The number of carbonyl (C=O) groups excluding carboxylic acids is 2. The Balaban J connectivity index is 3.78. The van der Waals surface area contributed by atoms with E-state index in [0.717, 1.165) is 19.3 Å². The van der Waals surface area contributed by atoms with Crippen LogP contribution in [-0.2, 0) is 19.1 Å². The van der Waals surface area contributed by atoms with Crippen LogP contribution in [-0.4, -0.2) is 18.2 Å². The molecule has 0 atom stereocenters. The van der Waals surface area contributed by atoms with Crippen LogP contribution in [0.15, 0.2) is 12.2 Å². The molecule has 0 bridgehead atoms. The fourth-order valence-electron chi connectivity index (χ4n) is 1.47. The molecule has 0 aromatic rings. The summed E-state index contributed by atoms with van der Waals surface area (Å²) in [5.74, 6) is -0.862. The molecule has 0 aliphatic carbocycles. The highest BCUT2D eigenvalue weighted by atomic mass is 16.7. The molecule has 104 valence electrons. The van der Waals surface area contributed by atoms with Gasteiger partial charge >= 0.3 is 11.9 Å². The van der Waals surface area contributed by atoms with Crippen LogP contribution in [0.2, 0.25) is 0 Å². The van der Waals surface area contributed by atoms with Gasteiger partial charge in [-0.2, -0.15) is 0 Å². The van der Waals surface area contributed by atoms with Crippen LogP contribution < -0.4 is 0 Å². The van der Waals surface area contributed by atoms with Crippen molar-refractivity contribution in [2.24, 2.45) is 0 Å². The molecular formula is C14H24O4. The van der Waals surface area contributed by atoms with Gasteiger partial charge in [0.2, 0.25) is 6.29 Å². The Hall–Kier alpha value is -1.32. The number of ether oxygens (including phenoxy) is 2. The summed E-state index contributed by atoms with van der Waals surface area (Å²) in [6.45, 7) is 4.78. The second-order valence-corrected chi connectivity index (χ2v) is 4.19. The van der Waals surface area contributed by atoms with Gasteiger partial charge in [-0.1, -0.05) is 31.9 Å². The standard InChI is InChI=1S/C14H24O4/c1-4-5-6-7-8-9-10-11-14(17-12(2)15)18-13(3)16/h7-8,14H,4-6,9-11H2,1-3H3. The Labute approximate surface area is 109 Å². The fourth-order valence-corrected chi connectivity index (χ4v) is 1.47. The van der Waals surface area contributed by atoms with Gasteiger partial charge in [-0.05, 0) is 19.3 Å². The van der Waals surface area contributed by atoms with E-state index in [4.69, 9.17) is 9.47 Å². The zero-order valence-corrected chi connectivity index (χ0v) is 11.6. The van der Waals surface area contributed by atoms with Crippen molar-refractivity contribution in [2.75, 3.05) is 0 Å². The number of esters is 2. The average molecular weight is 256 g/mol. The first-order chi connectivity index (χ1) is 8.56. The van der Waals surface area contributed by atoms with Crippen LogP contribution in [0.1, 0.15) is 59.3 Å². The molecule has 0 aromatic carbocycles. The largest absolute Gasteiger partial charge is 0.425 e. The van der Waals surface area contributed by atoms with E-state index in [1.165, 1.54) is 26.7 Å². The summed E-state index contributed by atoms with van der Waals surface area (Å²) < 4.78 is 9.80. The Morgan fingerprint density at radius 2 is 1.50 bits per heavy atom. The third-order valence-corrected chi connectivity index (χ3v) is 2.30. The maximum absolute atomic E-state index is 10.8. The van der Waals surface area contributed by atoms with Gasteiger partial charge in [0.1, 0.15) is 0 Å². The highest BCUT2D eigenvalue weighted by Gasteiger charge is 2.13. The third kappa shape index (κ3) is 11.2. The van der Waals surface area contributed by atoms with Gasteiger partial charge in [-0.25, -0.2) is 0 Å². The van der Waals surface area contributed by atoms with Crippen molar-refractivity contribution in [3.8, 4) is 0 Å². The predicted molar refractivity (Wildman–Crippen MR) is 69.8 cm³/mol. The van der Waals surface area contributed by atoms with Crippen molar-refractivity contribution < 1.29 is 19.1 Å². The van der Waals surface area contributed by atoms with E-state index in [9.17, 15) is 9.59 Å². The molecule has 0 rings (SSSR count). The lowest BCUT2D eigenvalue weighted by molar-refractivity contribution is -0.185. The summed E-state index contributed by atoms with van der Waals surface area (Å²) in [4.78, 5) is 21.6. The lowest BCUT2D eigenvalue weighted by Gasteiger charge is -2.15. The quantitative estimate of drug-likeness (QED) is 0.275. The van der Waals surface area contributed by atoms with Gasteiger partial charge < -0.3 is 9.47 Å². The van der Waals surface area contributed by atoms with E-state index in [1.807, 2.05) is 0 Å². The molecular weight excluding hydrogens is 232 g/mol. The molecule has 0 N–H and O–H groups in total. The SMILES string of the molecule is CCCCC=CCCCC(OC(C)=O)OC(C)=O. The van der Waals surface area contributed by atoms with Crippen molar-refractivity contribution in [1.82, 2.24) is 0 Å². The van der Waals surface area contributed by atoms with Gasteiger partial charge in [-0.3, -0.25) is 9.59 Å². The van der Waals surface area contributed by atoms with Crippen molar-refractivity contribution in [3.05, 3.63) is 12.2 Å². The van der Waals surface area contributed by atoms with Crippen LogP contribution in [0.4, 0.5) is 0 Å². The smallest absolute Gasteiger partial charge is 0.305 e. The minimum absolute atomic E-state index is 0.431. The van der Waals surface area contributed by atoms with Crippen molar-refractivity contribution >= 4 is 11.9 Å². The van der Waals surface area contributed by atoms with Gasteiger partial charge in [0.25, 0.3) is 0 Å². The second kappa shape index (κ2) is 10.8. The molecule has 0 amide bonds. The third-order valence-electron chi connectivity index (χ3n) is 2.30. The second-order valence-electron chi connectivity index (χ2n) is 4.19. The number of rotatable bonds is 9. The summed E-state index contributed by atoms with van der Waals surface area (Å²) in [6.07, 6.45) is 9.32. The van der Waals surface area contributed by atoms with E-state index in [1.54, 1.807) is 0 Å². The molecule has 0 aliphatic heterocycles. The molecule has 0 aliphatic rings. The molecule has 0 saturated carbocycles. The van der Waals surface area contributed by atoms with E-state index in [-0.39, 0.29) is 0 Å². The van der Waals surface area contributed by atoms with Crippen LogP contribution in [0.25, 0.3) is 0 Å². The number of allylic oxidation sites excluding steroid dienone is 2. The van der Waals surface area contributed by atoms with Gasteiger partial charge in [0, 0.05) is 20.3 Å². The van der Waals surface area contributed by atoms with Crippen LogP contribution in [0.5, 0.6) is 0 Å². The first-order valence-corrected chi connectivity index (χ1v) is 6.55. The topological polar surface area (TPSA) is 52.6 Å². The Morgan fingerprint density at radius 1 is 1.00 bits per heavy atom. The zero-order chi connectivity index (χ0) is 13.8. The number of hydrogen-bond acceptors (Lipinski definition) is 4. The van der Waals surface area contributed by atoms with E-state index in [0.29, 0.717) is 6.42 Å². The van der Waals surface area contributed by atoms with Crippen LogP contribution in [0, 0.1) is 0 Å². The molecule has 0 aromatic heterocycles. The Bertz CT molecular complexity index is 255. The monoisotopic (exact) mass is 256 g/mol. The van der Waals surface area contributed by atoms with E-state index < -0.39 is 18.2 Å². The summed E-state index contributed by atoms with van der Waals surface area (Å²) in [5, 5.41) is 0. The van der Waals surface area contributed by atoms with Gasteiger partial charge in [0.05, 0.1) is 0 Å². The molecule has 0 saturated heterocycles. The van der Waals surface area contributed by atoms with E-state index >= 15 is 0 Å². The first kappa shape index (κ1) is 16.7. The fraction of sp³-hybridized carbons (Fsp3) is 0.714. The Kier molecular flexibility index (Phi) is 10.0. The molecule has 0 fully saturated rings. The summed E-state index contributed by atoms with van der Waals surface area (Å²) in [7, 11) is 0. The van der Waals surface area contributed by atoms with Gasteiger partial charge in [0.15, 0.2) is 0 Å². The maximum Gasteiger partial charge on any atom is 0.305 e. The number of hydrogen-bond donors (Lipinski definition) is 0. The van der Waals surface area contributed by atoms with Crippen molar-refractivity contribution in [2.45, 2.75) is 65.6 Å². The molecule has 0 heterocycles. The highest BCUT2D eigenvalue weighted by molar-refractivity contribution is 5.68. The maximum atomic E-state index is 10.8. The summed E-state index contributed by atoms with van der Waals surface area (Å²) >= 11 is 0. The minimum Gasteiger partial charge on any atom is -0.425 e. The van der Waals surface area contributed by atoms with Crippen LogP contribution in [0.3, 0.4) is 0 Å². The van der Waals surface area contributed by atoms with Crippen LogP contribution >= 0.6 is 0 Å². The minimum atomic E-state index is -0.746. The first-order valence-electron chi connectivity index (χ1n) is 6.55. The lowest BCUT2D eigenvalue weighted by Crippen LogP contribution is -2.22. The van der Waals surface area contributed by atoms with E-state index in [2.05, 4.69) is 19.1 Å². The lowest BCUT2D eigenvalue weighted by atomic mass is 10.2. The van der Waals surface area contributed by atoms with Crippen molar-refractivity contribution in [1.29, 1.82) is 0 Å². The molecule has 0 unspecified atom stereocenters. The van der Waals surface area contributed by atoms with Gasteiger partial charge in [-0.15, -0.1) is 0 Å². The molecule has 18 heavy (non-hydrogen) atoms. The molecule has 4 heteroatoms. The normalized spacial score (nSPS) is 10.9. The highest BCUT2D eigenvalue weighted by Crippen LogP contribution is 2.08. The molecule has 0 spiro atoms. The molecule has 0 radical (unpaired) electrons. The van der Waals surface area contributed by atoms with Crippen molar-refractivity contribution in [3.63, 3.8) is 0 Å². The summed E-state index contributed by atoms with van der Waals surface area (Å²) in [6, 6.07) is 0. The zero-order valence-electron chi connectivity index (χ0n) is 11.6. The summed E-state index contributed by atoms with van der Waals surface area (Å²) in [5.41, 5.74) is 0. The number of unbranched alkanes of at least 4 members (excludes halogenated alkanes) is 3. The Morgan fingerprint density at radius 3 is 1.94 bits per heavy atom. The number of carbonyl (C=O) groups is 2. The molecule has 4 nitrogen and oxygen atoms in total.